The molecule has 4 N–H and O–H groups in total. The predicted octanol–water partition coefficient (Wildman–Crippen LogP) is 2.60. The molecule has 7 rings (SSSR count). The van der Waals surface area contributed by atoms with E-state index in [0.717, 1.165) is 47.9 Å². The minimum absolute atomic E-state index is 0.0166. The third-order valence-corrected chi connectivity index (χ3v) is 10.5. The Morgan fingerprint density at radius 3 is 2.73 bits per heavy atom. The van der Waals surface area contributed by atoms with Crippen molar-refractivity contribution >= 4 is 40.0 Å². The van der Waals surface area contributed by atoms with Gasteiger partial charge in [-0.1, -0.05) is 11.2 Å². The van der Waals surface area contributed by atoms with Crippen LogP contribution in [0.15, 0.2) is 78.1 Å². The summed E-state index contributed by atoms with van der Waals surface area (Å²) in [6.07, 6.45) is 5.63. The number of hydrogen-bond acceptors (Lipinski definition) is 14. The van der Waals surface area contributed by atoms with Gasteiger partial charge in [0, 0.05) is 73.1 Å². The molecular weight excluding hydrogens is 745 g/mol. The molecule has 2 unspecified atom stereocenters. The molecule has 20 heteroatoms. The van der Waals surface area contributed by atoms with Crippen molar-refractivity contribution in [3.8, 4) is 10.6 Å². The van der Waals surface area contributed by atoms with Crippen LogP contribution in [0.3, 0.4) is 0 Å². The van der Waals surface area contributed by atoms with Crippen LogP contribution in [-0.2, 0) is 16.1 Å². The number of carbonyl (C=O) groups is 2. The molecule has 4 aromatic heterocycles. The molecule has 6 heterocycles. The molecule has 0 bridgehead atoms. The largest absolute Gasteiger partial charge is 0.419 e. The minimum Gasteiger partial charge on any atom is -0.378 e. The first-order valence-electron chi connectivity index (χ1n) is 18.0. The number of piperidine rings is 1. The first-order valence-corrected chi connectivity index (χ1v) is 18.9. The summed E-state index contributed by atoms with van der Waals surface area (Å²) in [7, 11) is 0. The van der Waals surface area contributed by atoms with E-state index >= 15 is 0 Å². The van der Waals surface area contributed by atoms with Crippen LogP contribution in [0.1, 0.15) is 46.9 Å². The van der Waals surface area contributed by atoms with Crippen molar-refractivity contribution in [2.75, 3.05) is 51.3 Å². The fourth-order valence-electron chi connectivity index (χ4n) is 6.99. The molecule has 5 aromatic rings. The van der Waals surface area contributed by atoms with Gasteiger partial charge in [-0.3, -0.25) is 24.3 Å². The Morgan fingerprint density at radius 1 is 1.09 bits per heavy atom. The van der Waals surface area contributed by atoms with Gasteiger partial charge < -0.3 is 29.7 Å². The minimum atomic E-state index is -0.958. The normalized spacial score (nSPS) is 18.4. The van der Waals surface area contributed by atoms with Crippen LogP contribution in [0.4, 0.5) is 5.95 Å². The smallest absolute Gasteiger partial charge is 0.378 e. The Balaban J connectivity index is 0.836. The summed E-state index contributed by atoms with van der Waals surface area (Å²) in [5, 5.41) is 11.7. The Hall–Kier alpha value is -6.21. The zero-order valence-electron chi connectivity index (χ0n) is 30.1. The molecule has 3 atom stereocenters. The first kappa shape index (κ1) is 38.1. The summed E-state index contributed by atoms with van der Waals surface area (Å²) in [6, 6.07) is 8.06. The Kier molecular flexibility index (Phi) is 11.9. The monoisotopic (exact) mass is 782 g/mol. The lowest BCUT2D eigenvalue weighted by Gasteiger charge is -2.32. The summed E-state index contributed by atoms with van der Waals surface area (Å²) in [5.74, 6) is -0.631. The number of likely N-dealkylation sites (tertiary alicyclic amines) is 2. The van der Waals surface area contributed by atoms with Gasteiger partial charge >= 0.3 is 11.4 Å². The Bertz CT molecular complexity index is 2410. The van der Waals surface area contributed by atoms with E-state index in [1.165, 1.54) is 23.1 Å². The molecule has 2 aliphatic rings. The van der Waals surface area contributed by atoms with E-state index in [2.05, 4.69) is 54.9 Å². The third-order valence-electron chi connectivity index (χ3n) is 9.59. The number of nitrogens with zero attached hydrogens (tertiary/aromatic N) is 8. The van der Waals surface area contributed by atoms with Gasteiger partial charge in [0.25, 0.3) is 11.5 Å². The fraction of sp³-hybridized carbons (Fsp3) is 0.389. The highest BCUT2D eigenvalue weighted by atomic mass is 32.1. The number of azide groups is 1. The zero-order valence-corrected chi connectivity index (χ0v) is 30.9. The van der Waals surface area contributed by atoms with E-state index < -0.39 is 35.3 Å². The number of H-pyrrole nitrogens is 2. The van der Waals surface area contributed by atoms with Crippen molar-refractivity contribution in [1.29, 1.82) is 0 Å². The van der Waals surface area contributed by atoms with Crippen LogP contribution in [0.5, 0.6) is 0 Å². The van der Waals surface area contributed by atoms with E-state index in [9.17, 15) is 24.0 Å². The summed E-state index contributed by atoms with van der Waals surface area (Å²) in [5.41, 5.74) is 9.91. The van der Waals surface area contributed by atoms with Gasteiger partial charge in [-0.15, -0.1) is 11.3 Å². The molecule has 2 fully saturated rings. The van der Waals surface area contributed by atoms with Gasteiger partial charge in [0.05, 0.1) is 40.7 Å². The highest BCUT2D eigenvalue weighted by Gasteiger charge is 2.39. The number of hydrogen-bond donors (Lipinski definition) is 4. The molecule has 0 spiro atoms. The predicted molar refractivity (Wildman–Crippen MR) is 205 cm³/mol. The van der Waals surface area contributed by atoms with Crippen molar-refractivity contribution < 1.29 is 18.7 Å². The second-order valence-electron chi connectivity index (χ2n) is 13.4. The molecule has 19 nitrogen and oxygen atoms in total. The number of carbonyl (C=O) groups excluding carboxylic acids is 2. The lowest BCUT2D eigenvalue weighted by molar-refractivity contribution is -0.125. The summed E-state index contributed by atoms with van der Waals surface area (Å²) in [4.78, 5) is 89.1. The maximum atomic E-state index is 13.5. The van der Waals surface area contributed by atoms with Gasteiger partial charge in [-0.05, 0) is 61.0 Å². The first-order chi connectivity index (χ1) is 27.2. The fourth-order valence-corrected chi connectivity index (χ4v) is 7.68. The molecule has 0 aliphatic carbocycles. The van der Waals surface area contributed by atoms with Crippen LogP contribution in [0.2, 0.25) is 0 Å². The quantitative estimate of drug-likeness (QED) is 0.0549. The number of aromatic amines is 2. The van der Waals surface area contributed by atoms with Gasteiger partial charge in [0.15, 0.2) is 0 Å². The lowest BCUT2D eigenvalue weighted by Crippen LogP contribution is -2.46. The van der Waals surface area contributed by atoms with E-state index in [-0.39, 0.29) is 54.1 Å². The number of anilines is 1. The van der Waals surface area contributed by atoms with Crippen LogP contribution < -0.4 is 27.6 Å². The average molecular weight is 783 g/mol. The number of nitrogens with one attached hydrogen (secondary N) is 4. The summed E-state index contributed by atoms with van der Waals surface area (Å²) < 4.78 is 10.2. The number of amides is 2. The van der Waals surface area contributed by atoms with Crippen molar-refractivity contribution in [1.82, 2.24) is 40.0 Å². The highest BCUT2D eigenvalue weighted by molar-refractivity contribution is 7.13. The molecule has 0 saturated carbocycles. The number of rotatable bonds is 14. The number of benzene rings is 1. The zero-order chi connectivity index (χ0) is 39.0. The Morgan fingerprint density at radius 2 is 1.93 bits per heavy atom. The van der Waals surface area contributed by atoms with Crippen molar-refractivity contribution in [3.05, 3.63) is 113 Å². The van der Waals surface area contributed by atoms with Crippen LogP contribution in [0.25, 0.3) is 31.9 Å². The second-order valence-corrected chi connectivity index (χ2v) is 14.4. The van der Waals surface area contributed by atoms with E-state index in [0.29, 0.717) is 25.6 Å². The summed E-state index contributed by atoms with van der Waals surface area (Å²) >= 11 is 1.58. The van der Waals surface area contributed by atoms with Crippen molar-refractivity contribution in [3.63, 3.8) is 0 Å². The number of thiophene rings is 1. The van der Waals surface area contributed by atoms with E-state index in [4.69, 9.17) is 10.3 Å². The maximum absolute atomic E-state index is 13.5. The number of fused-ring (bicyclic) bond motifs is 1. The van der Waals surface area contributed by atoms with E-state index in [1.54, 1.807) is 29.8 Å². The molecule has 2 aliphatic heterocycles. The second kappa shape index (κ2) is 17.5. The lowest BCUT2D eigenvalue weighted by atomic mass is 9.96. The molecule has 0 radical (unpaired) electrons. The maximum Gasteiger partial charge on any atom is 0.419 e. The standard InChI is InChI=1S/C36H38N12O7S/c37-46-45-24-14-28(48(20-24)33(51)22-5-6-25-26(13-22)43-36(53)55-34(25)52)32(50)38-7-10-54-11-8-39-35-40-16-21(17-41-35)18-47-9-1-3-23(19-47)31-42-27(15-30(49)44-31)29-4-2-12-56-29/h2,4-6,12-13,15-17,23-24,28H,1,3,7-11,14,18-20H2,(H,38,50)(H,43,53)(H,39,40,41)(H,42,44,49)/t23?,24?,28-/m0/s1. The number of ether oxygens (including phenoxy) is 1. The molecule has 56 heavy (non-hydrogen) atoms. The Labute approximate surface area is 321 Å². The van der Waals surface area contributed by atoms with Crippen LogP contribution >= 0.6 is 11.3 Å². The molecule has 2 saturated heterocycles. The van der Waals surface area contributed by atoms with Crippen LogP contribution in [0, 0.1) is 0 Å². The SMILES string of the molecule is [N-]=[N+]=NC1C[C@@H](C(=O)NCCOCCNc2ncc(CN3CCCC(c4nc(=O)cc(-c5cccs5)[nH]4)C3)cn2)N(C(=O)c2ccc3c(=O)oc(=O)[nH]c3c2)C1. The van der Waals surface area contributed by atoms with Gasteiger partial charge in [0.2, 0.25) is 11.9 Å². The summed E-state index contributed by atoms with van der Waals surface area (Å²) in [6.45, 7) is 3.49. The molecular formula is C36H38N12O7S. The van der Waals surface area contributed by atoms with Gasteiger partial charge in [-0.25, -0.2) is 19.6 Å². The van der Waals surface area contributed by atoms with Gasteiger partial charge in [0.1, 0.15) is 11.9 Å². The third kappa shape index (κ3) is 9.17. The molecule has 1 aromatic carbocycles. The van der Waals surface area contributed by atoms with Crippen molar-refractivity contribution in [2.45, 2.75) is 43.8 Å². The van der Waals surface area contributed by atoms with Gasteiger partial charge in [-0.2, -0.15) is 4.98 Å². The molecule has 290 valence electrons. The van der Waals surface area contributed by atoms with Crippen LogP contribution in [-0.4, -0.2) is 105 Å². The molecule has 2 amide bonds. The van der Waals surface area contributed by atoms with E-state index in [1.807, 2.05) is 17.5 Å². The topological polar surface area (TPSA) is 257 Å². The number of aromatic nitrogens is 5. The van der Waals surface area contributed by atoms with Crippen molar-refractivity contribution in [2.24, 2.45) is 5.11 Å². The highest BCUT2D eigenvalue weighted by Crippen LogP contribution is 2.28. The average Bonchev–Trinajstić information content (AvgIpc) is 3.89.